The molecule has 0 fully saturated rings. The molecule has 0 amide bonds. The molecule has 2 aromatic rings. The maximum Gasteiger partial charge on any atom is 0.222 e. The van der Waals surface area contributed by atoms with Crippen LogP contribution in [0, 0.1) is 5.82 Å². The standard InChI is InChI=1S/C13H13ClFN3/c14-13-17-8-11(15)12(18-13)6-5-9-1-3-10(7-16)4-2-9/h1-4,8H,5-7,16H2. The summed E-state index contributed by atoms with van der Waals surface area (Å²) < 4.78 is 13.4. The second kappa shape index (κ2) is 5.89. The molecule has 0 bridgehead atoms. The maximum absolute atomic E-state index is 13.4. The molecular weight excluding hydrogens is 253 g/mol. The fourth-order valence-corrected chi connectivity index (χ4v) is 1.81. The molecule has 2 N–H and O–H groups in total. The van der Waals surface area contributed by atoms with Crippen LogP contribution in [0.4, 0.5) is 4.39 Å². The summed E-state index contributed by atoms with van der Waals surface area (Å²) >= 11 is 5.64. The number of aromatic nitrogens is 2. The highest BCUT2D eigenvalue weighted by Gasteiger charge is 2.06. The van der Waals surface area contributed by atoms with Crippen molar-refractivity contribution in [2.45, 2.75) is 19.4 Å². The van der Waals surface area contributed by atoms with E-state index in [1.807, 2.05) is 24.3 Å². The van der Waals surface area contributed by atoms with Gasteiger partial charge in [-0.3, -0.25) is 0 Å². The van der Waals surface area contributed by atoms with Gasteiger partial charge in [-0.15, -0.1) is 0 Å². The Labute approximate surface area is 110 Å². The quantitative estimate of drug-likeness (QED) is 0.865. The molecule has 0 saturated carbocycles. The van der Waals surface area contributed by atoms with Gasteiger partial charge >= 0.3 is 0 Å². The molecule has 0 aliphatic heterocycles. The van der Waals surface area contributed by atoms with Crippen molar-refractivity contribution in [1.29, 1.82) is 0 Å². The van der Waals surface area contributed by atoms with Gasteiger partial charge in [-0.1, -0.05) is 24.3 Å². The Morgan fingerprint density at radius 3 is 2.44 bits per heavy atom. The Morgan fingerprint density at radius 1 is 1.11 bits per heavy atom. The number of rotatable bonds is 4. The number of halogens is 2. The predicted octanol–water partition coefficient (Wildman–Crippen LogP) is 2.51. The minimum absolute atomic E-state index is 0.0740. The number of hydrogen-bond donors (Lipinski definition) is 1. The Morgan fingerprint density at radius 2 is 1.78 bits per heavy atom. The van der Waals surface area contributed by atoms with E-state index in [-0.39, 0.29) is 5.28 Å². The number of aryl methyl sites for hydroxylation is 2. The average molecular weight is 266 g/mol. The first-order valence-electron chi connectivity index (χ1n) is 5.64. The van der Waals surface area contributed by atoms with E-state index < -0.39 is 5.82 Å². The largest absolute Gasteiger partial charge is 0.326 e. The van der Waals surface area contributed by atoms with Crippen molar-refractivity contribution in [2.75, 3.05) is 0 Å². The van der Waals surface area contributed by atoms with Crippen LogP contribution in [0.15, 0.2) is 30.5 Å². The van der Waals surface area contributed by atoms with Crippen LogP contribution in [0.25, 0.3) is 0 Å². The lowest BCUT2D eigenvalue weighted by Crippen LogP contribution is -2.01. The zero-order chi connectivity index (χ0) is 13.0. The summed E-state index contributed by atoms with van der Waals surface area (Å²) in [6.45, 7) is 0.524. The molecule has 0 saturated heterocycles. The van der Waals surface area contributed by atoms with Gasteiger partial charge in [-0.05, 0) is 35.6 Å². The van der Waals surface area contributed by atoms with Crippen molar-refractivity contribution in [2.24, 2.45) is 5.73 Å². The Hall–Kier alpha value is -1.52. The molecule has 94 valence electrons. The predicted molar refractivity (Wildman–Crippen MR) is 68.7 cm³/mol. The SMILES string of the molecule is NCc1ccc(CCc2nc(Cl)ncc2F)cc1. The van der Waals surface area contributed by atoms with Crippen LogP contribution in [0.3, 0.4) is 0 Å². The molecule has 2 rings (SSSR count). The molecule has 0 aliphatic rings. The molecule has 0 radical (unpaired) electrons. The fraction of sp³-hybridized carbons (Fsp3) is 0.231. The van der Waals surface area contributed by atoms with Crippen LogP contribution >= 0.6 is 11.6 Å². The maximum atomic E-state index is 13.4. The van der Waals surface area contributed by atoms with Crippen LogP contribution in [0.1, 0.15) is 16.8 Å². The Kier molecular flexibility index (Phi) is 4.23. The topological polar surface area (TPSA) is 51.8 Å². The lowest BCUT2D eigenvalue weighted by molar-refractivity contribution is 0.589. The van der Waals surface area contributed by atoms with Gasteiger partial charge < -0.3 is 5.73 Å². The Bertz CT molecular complexity index is 528. The van der Waals surface area contributed by atoms with E-state index in [9.17, 15) is 4.39 Å². The van der Waals surface area contributed by atoms with Crippen molar-refractivity contribution in [3.63, 3.8) is 0 Å². The zero-order valence-electron chi connectivity index (χ0n) is 9.74. The molecule has 5 heteroatoms. The van der Waals surface area contributed by atoms with Gasteiger partial charge in [0.15, 0.2) is 5.82 Å². The van der Waals surface area contributed by atoms with Crippen LogP contribution in [-0.2, 0) is 19.4 Å². The molecule has 0 spiro atoms. The number of nitrogens with two attached hydrogens (primary N) is 1. The molecule has 18 heavy (non-hydrogen) atoms. The zero-order valence-corrected chi connectivity index (χ0v) is 10.5. The van der Waals surface area contributed by atoms with Crippen LogP contribution in [0.2, 0.25) is 5.28 Å². The fourth-order valence-electron chi connectivity index (χ4n) is 1.66. The van der Waals surface area contributed by atoms with Gasteiger partial charge in [0.05, 0.1) is 11.9 Å². The van der Waals surface area contributed by atoms with E-state index in [1.165, 1.54) is 0 Å². The molecule has 0 unspecified atom stereocenters. The first kappa shape index (κ1) is 12.9. The van der Waals surface area contributed by atoms with E-state index in [1.54, 1.807) is 0 Å². The molecule has 1 aromatic carbocycles. The van der Waals surface area contributed by atoms with Crippen LogP contribution < -0.4 is 5.73 Å². The first-order valence-corrected chi connectivity index (χ1v) is 6.01. The molecule has 1 heterocycles. The summed E-state index contributed by atoms with van der Waals surface area (Å²) in [7, 11) is 0. The van der Waals surface area contributed by atoms with Gasteiger partial charge in [0.2, 0.25) is 5.28 Å². The summed E-state index contributed by atoms with van der Waals surface area (Å²) in [5.74, 6) is -0.419. The third kappa shape index (κ3) is 3.24. The third-order valence-electron chi connectivity index (χ3n) is 2.70. The van der Waals surface area contributed by atoms with E-state index in [4.69, 9.17) is 17.3 Å². The Balaban J connectivity index is 2.04. The van der Waals surface area contributed by atoms with E-state index in [0.717, 1.165) is 17.3 Å². The van der Waals surface area contributed by atoms with Crippen molar-refractivity contribution < 1.29 is 4.39 Å². The molecule has 3 nitrogen and oxygen atoms in total. The highest BCUT2D eigenvalue weighted by Crippen LogP contribution is 2.11. The van der Waals surface area contributed by atoms with Gasteiger partial charge in [0.1, 0.15) is 0 Å². The summed E-state index contributed by atoms with van der Waals surface area (Å²) in [6, 6.07) is 7.92. The smallest absolute Gasteiger partial charge is 0.222 e. The van der Waals surface area contributed by atoms with Crippen molar-refractivity contribution in [3.8, 4) is 0 Å². The van der Waals surface area contributed by atoms with Crippen molar-refractivity contribution >= 4 is 11.6 Å². The third-order valence-corrected chi connectivity index (χ3v) is 2.88. The second-order valence-corrected chi connectivity index (χ2v) is 4.29. The average Bonchev–Trinajstić information content (AvgIpc) is 2.40. The minimum Gasteiger partial charge on any atom is -0.326 e. The lowest BCUT2D eigenvalue weighted by Gasteiger charge is -2.04. The monoisotopic (exact) mass is 265 g/mol. The lowest BCUT2D eigenvalue weighted by atomic mass is 10.1. The van der Waals surface area contributed by atoms with E-state index in [2.05, 4.69) is 9.97 Å². The summed E-state index contributed by atoms with van der Waals surface area (Å²) in [5, 5.41) is 0.0740. The minimum atomic E-state index is -0.419. The summed E-state index contributed by atoms with van der Waals surface area (Å²) in [6.07, 6.45) is 2.30. The van der Waals surface area contributed by atoms with Gasteiger partial charge in [-0.2, -0.15) is 0 Å². The highest BCUT2D eigenvalue weighted by molar-refractivity contribution is 6.28. The van der Waals surface area contributed by atoms with Crippen LogP contribution in [-0.4, -0.2) is 9.97 Å². The van der Waals surface area contributed by atoms with E-state index in [0.29, 0.717) is 25.1 Å². The van der Waals surface area contributed by atoms with Gasteiger partial charge in [0.25, 0.3) is 0 Å². The van der Waals surface area contributed by atoms with Gasteiger partial charge in [-0.25, -0.2) is 14.4 Å². The number of benzene rings is 1. The molecule has 0 atom stereocenters. The normalized spacial score (nSPS) is 10.6. The highest BCUT2D eigenvalue weighted by atomic mass is 35.5. The molecule has 1 aromatic heterocycles. The van der Waals surface area contributed by atoms with Crippen LogP contribution in [0.5, 0.6) is 0 Å². The summed E-state index contributed by atoms with van der Waals surface area (Å²) in [5.41, 5.74) is 8.06. The summed E-state index contributed by atoms with van der Waals surface area (Å²) in [4.78, 5) is 7.46. The number of nitrogens with zero attached hydrogens (tertiary/aromatic N) is 2. The molecular formula is C13H13ClFN3. The second-order valence-electron chi connectivity index (χ2n) is 3.95. The number of hydrogen-bond acceptors (Lipinski definition) is 3. The molecule has 0 aliphatic carbocycles. The first-order chi connectivity index (χ1) is 8.69. The van der Waals surface area contributed by atoms with E-state index >= 15 is 0 Å². The van der Waals surface area contributed by atoms with Crippen molar-refractivity contribution in [1.82, 2.24) is 9.97 Å². The van der Waals surface area contributed by atoms with Gasteiger partial charge in [0, 0.05) is 6.54 Å². The van der Waals surface area contributed by atoms with Crippen molar-refractivity contribution in [3.05, 3.63) is 58.4 Å².